The second-order valence-electron chi connectivity index (χ2n) is 6.77. The van der Waals surface area contributed by atoms with Crippen molar-refractivity contribution in [3.8, 4) is 5.75 Å². The molecule has 2 rings (SSSR count). The SMILES string of the molecule is CCCCCCCOc1ccc(NC(=O)CNc2cccc(C(F)(F)F)c2)cc1. The molecule has 0 unspecified atom stereocenters. The number of ether oxygens (including phenoxy) is 1. The Morgan fingerprint density at radius 1 is 0.966 bits per heavy atom. The lowest BCUT2D eigenvalue weighted by Gasteiger charge is -2.11. The number of benzene rings is 2. The maximum Gasteiger partial charge on any atom is 0.416 e. The third-order valence-electron chi connectivity index (χ3n) is 4.30. The van der Waals surface area contributed by atoms with Gasteiger partial charge in [-0.15, -0.1) is 0 Å². The van der Waals surface area contributed by atoms with E-state index in [2.05, 4.69) is 17.6 Å². The summed E-state index contributed by atoms with van der Waals surface area (Å²) >= 11 is 0. The van der Waals surface area contributed by atoms with Crippen LogP contribution >= 0.6 is 0 Å². The Kier molecular flexibility index (Phi) is 8.83. The summed E-state index contributed by atoms with van der Waals surface area (Å²) in [6.45, 7) is 2.70. The zero-order valence-electron chi connectivity index (χ0n) is 16.5. The van der Waals surface area contributed by atoms with Gasteiger partial charge in [-0.2, -0.15) is 13.2 Å². The summed E-state index contributed by atoms with van der Waals surface area (Å²) < 4.78 is 43.8. The van der Waals surface area contributed by atoms with Gasteiger partial charge >= 0.3 is 6.18 Å². The van der Waals surface area contributed by atoms with Crippen molar-refractivity contribution in [1.82, 2.24) is 0 Å². The van der Waals surface area contributed by atoms with E-state index in [1.807, 2.05) is 0 Å². The molecule has 0 heterocycles. The highest BCUT2D eigenvalue weighted by molar-refractivity contribution is 5.93. The smallest absolute Gasteiger partial charge is 0.416 e. The van der Waals surface area contributed by atoms with Crippen molar-refractivity contribution < 1.29 is 22.7 Å². The molecular formula is C22H27F3N2O2. The maximum atomic E-state index is 12.7. The molecule has 29 heavy (non-hydrogen) atoms. The average Bonchev–Trinajstić information content (AvgIpc) is 2.70. The van der Waals surface area contributed by atoms with E-state index in [1.54, 1.807) is 24.3 Å². The molecule has 0 aliphatic heterocycles. The van der Waals surface area contributed by atoms with E-state index in [9.17, 15) is 18.0 Å². The minimum Gasteiger partial charge on any atom is -0.494 e. The van der Waals surface area contributed by atoms with Gasteiger partial charge in [-0.3, -0.25) is 4.79 Å². The van der Waals surface area contributed by atoms with Gasteiger partial charge in [0.1, 0.15) is 5.75 Å². The first-order valence-corrected chi connectivity index (χ1v) is 9.82. The summed E-state index contributed by atoms with van der Waals surface area (Å²) in [4.78, 5) is 12.0. The van der Waals surface area contributed by atoms with Gasteiger partial charge in [-0.25, -0.2) is 0 Å². The lowest BCUT2D eigenvalue weighted by atomic mass is 10.2. The first kappa shape index (κ1) is 22.6. The summed E-state index contributed by atoms with van der Waals surface area (Å²) in [6, 6.07) is 11.8. The van der Waals surface area contributed by atoms with Gasteiger partial charge in [0.15, 0.2) is 0 Å². The number of rotatable bonds is 11. The molecule has 0 saturated heterocycles. The molecule has 0 atom stereocenters. The molecule has 2 N–H and O–H groups in total. The normalized spacial score (nSPS) is 11.2. The van der Waals surface area contributed by atoms with Gasteiger partial charge in [-0.05, 0) is 48.9 Å². The van der Waals surface area contributed by atoms with Crippen LogP contribution in [0.4, 0.5) is 24.5 Å². The van der Waals surface area contributed by atoms with Crippen LogP contribution in [0.1, 0.15) is 44.6 Å². The molecule has 0 radical (unpaired) electrons. The van der Waals surface area contributed by atoms with E-state index in [0.29, 0.717) is 12.3 Å². The molecule has 0 fully saturated rings. The zero-order chi connectivity index (χ0) is 21.1. The minimum atomic E-state index is -4.42. The zero-order valence-corrected chi connectivity index (χ0v) is 16.5. The van der Waals surface area contributed by atoms with Crippen LogP contribution in [0.3, 0.4) is 0 Å². The summed E-state index contributed by atoms with van der Waals surface area (Å²) in [7, 11) is 0. The summed E-state index contributed by atoms with van der Waals surface area (Å²) in [6.07, 6.45) is 1.43. The Bertz CT molecular complexity index is 761. The van der Waals surface area contributed by atoms with E-state index < -0.39 is 11.7 Å². The number of halogens is 3. The Morgan fingerprint density at radius 3 is 2.38 bits per heavy atom. The lowest BCUT2D eigenvalue weighted by Crippen LogP contribution is -2.21. The Morgan fingerprint density at radius 2 is 1.69 bits per heavy atom. The first-order valence-electron chi connectivity index (χ1n) is 9.82. The maximum absolute atomic E-state index is 12.7. The second kappa shape index (κ2) is 11.3. The van der Waals surface area contributed by atoms with Crippen LogP contribution in [-0.4, -0.2) is 19.1 Å². The van der Waals surface area contributed by atoms with Crippen LogP contribution in [0.15, 0.2) is 48.5 Å². The van der Waals surface area contributed by atoms with E-state index in [0.717, 1.165) is 30.7 Å². The Balaban J connectivity index is 1.74. The molecule has 158 valence electrons. The Labute approximate surface area is 169 Å². The van der Waals surface area contributed by atoms with Crippen molar-refractivity contribution in [2.45, 2.75) is 45.2 Å². The van der Waals surface area contributed by atoms with Crippen LogP contribution in [0.2, 0.25) is 0 Å². The predicted molar refractivity (Wildman–Crippen MR) is 109 cm³/mol. The molecule has 2 aromatic carbocycles. The summed E-state index contributed by atoms with van der Waals surface area (Å²) in [5.41, 5.74) is 0.0673. The summed E-state index contributed by atoms with van der Waals surface area (Å²) in [5.74, 6) is 0.382. The van der Waals surface area contributed by atoms with Crippen LogP contribution < -0.4 is 15.4 Å². The molecule has 4 nitrogen and oxygen atoms in total. The van der Waals surface area contributed by atoms with Crippen LogP contribution in [0.25, 0.3) is 0 Å². The number of hydrogen-bond donors (Lipinski definition) is 2. The monoisotopic (exact) mass is 408 g/mol. The molecular weight excluding hydrogens is 381 g/mol. The van der Waals surface area contributed by atoms with E-state index in [1.165, 1.54) is 31.4 Å². The fourth-order valence-corrected chi connectivity index (χ4v) is 2.72. The molecule has 7 heteroatoms. The second-order valence-corrected chi connectivity index (χ2v) is 6.77. The number of hydrogen-bond acceptors (Lipinski definition) is 3. The average molecular weight is 408 g/mol. The third-order valence-corrected chi connectivity index (χ3v) is 4.30. The third kappa shape index (κ3) is 8.46. The lowest BCUT2D eigenvalue weighted by molar-refractivity contribution is -0.137. The number of carbonyl (C=O) groups is 1. The largest absolute Gasteiger partial charge is 0.494 e. The van der Waals surface area contributed by atoms with Crippen molar-refractivity contribution in [1.29, 1.82) is 0 Å². The molecule has 0 spiro atoms. The molecule has 0 saturated carbocycles. The fraction of sp³-hybridized carbons (Fsp3) is 0.409. The fourth-order valence-electron chi connectivity index (χ4n) is 2.72. The van der Waals surface area contributed by atoms with Crippen LogP contribution in [0.5, 0.6) is 5.75 Å². The highest BCUT2D eigenvalue weighted by Gasteiger charge is 2.30. The quantitative estimate of drug-likeness (QED) is 0.441. The standard InChI is InChI=1S/C22H27F3N2O2/c1-2-3-4-5-6-14-29-20-12-10-18(11-13-20)27-21(28)16-26-19-9-7-8-17(15-19)22(23,24)25/h7-13,15,26H,2-6,14,16H2,1H3,(H,27,28). The molecule has 2 aromatic rings. The number of amides is 1. The number of anilines is 2. The van der Waals surface area contributed by atoms with E-state index in [4.69, 9.17) is 4.74 Å². The molecule has 0 bridgehead atoms. The summed E-state index contributed by atoms with van der Waals surface area (Å²) in [5, 5.41) is 5.40. The van der Waals surface area contributed by atoms with Crippen molar-refractivity contribution in [3.05, 3.63) is 54.1 Å². The number of carbonyl (C=O) groups excluding carboxylic acids is 1. The molecule has 0 aromatic heterocycles. The Hall–Kier alpha value is -2.70. The van der Waals surface area contributed by atoms with Crippen molar-refractivity contribution >= 4 is 17.3 Å². The van der Waals surface area contributed by atoms with Crippen LogP contribution in [0, 0.1) is 0 Å². The van der Waals surface area contributed by atoms with Gasteiger partial charge in [-0.1, -0.05) is 38.7 Å². The van der Waals surface area contributed by atoms with Gasteiger partial charge in [0.05, 0.1) is 18.7 Å². The number of nitrogens with one attached hydrogen (secondary N) is 2. The number of alkyl halides is 3. The van der Waals surface area contributed by atoms with E-state index in [-0.39, 0.29) is 18.1 Å². The minimum absolute atomic E-state index is 0.142. The van der Waals surface area contributed by atoms with Crippen molar-refractivity contribution in [3.63, 3.8) is 0 Å². The van der Waals surface area contributed by atoms with E-state index >= 15 is 0 Å². The predicted octanol–water partition coefficient (Wildman–Crippen LogP) is 6.11. The molecule has 0 aliphatic rings. The van der Waals surface area contributed by atoms with Gasteiger partial charge < -0.3 is 15.4 Å². The van der Waals surface area contributed by atoms with Gasteiger partial charge in [0.25, 0.3) is 0 Å². The van der Waals surface area contributed by atoms with Crippen LogP contribution in [-0.2, 0) is 11.0 Å². The van der Waals surface area contributed by atoms with Gasteiger partial charge in [0, 0.05) is 11.4 Å². The van der Waals surface area contributed by atoms with Crippen molar-refractivity contribution in [2.24, 2.45) is 0 Å². The highest BCUT2D eigenvalue weighted by atomic mass is 19.4. The molecule has 0 aliphatic carbocycles. The number of unbranched alkanes of at least 4 members (excludes halogenated alkanes) is 4. The van der Waals surface area contributed by atoms with Crippen molar-refractivity contribution in [2.75, 3.05) is 23.8 Å². The van der Waals surface area contributed by atoms with Gasteiger partial charge in [0.2, 0.25) is 5.91 Å². The molecule has 1 amide bonds. The topological polar surface area (TPSA) is 50.4 Å². The highest BCUT2D eigenvalue weighted by Crippen LogP contribution is 2.30. The first-order chi connectivity index (χ1) is 13.9.